The van der Waals surface area contributed by atoms with Crippen molar-refractivity contribution >= 4 is 21.8 Å². The van der Waals surface area contributed by atoms with Gasteiger partial charge in [0.1, 0.15) is 0 Å². The van der Waals surface area contributed by atoms with Gasteiger partial charge in [0, 0.05) is 44.7 Å². The summed E-state index contributed by atoms with van der Waals surface area (Å²) in [6, 6.07) is 5.97. The zero-order valence-corrected chi connectivity index (χ0v) is 15.6. The molecule has 2 heterocycles. The van der Waals surface area contributed by atoms with Crippen LogP contribution in [0.1, 0.15) is 42.5 Å². The van der Waals surface area contributed by atoms with E-state index in [0.29, 0.717) is 5.56 Å². The van der Waals surface area contributed by atoms with E-state index in [1.54, 1.807) is 21.9 Å². The number of nitrogens with one attached hydrogen (secondary N) is 1. The molecule has 0 saturated carbocycles. The van der Waals surface area contributed by atoms with Crippen molar-refractivity contribution in [3.05, 3.63) is 29.8 Å². The molecular weight excluding hydrogens is 354 g/mol. The highest BCUT2D eigenvalue weighted by molar-refractivity contribution is 7.89. The lowest BCUT2D eigenvalue weighted by atomic mass is 10.2. The molecular formula is C18H25N3O4S. The third-order valence-electron chi connectivity index (χ3n) is 4.89. The van der Waals surface area contributed by atoms with Crippen molar-refractivity contribution < 1.29 is 18.0 Å². The number of likely N-dealkylation sites (tertiary alicyclic amines) is 2. The average molecular weight is 379 g/mol. The molecule has 1 N–H and O–H groups in total. The summed E-state index contributed by atoms with van der Waals surface area (Å²) in [6.07, 6.45) is 4.21. The Morgan fingerprint density at radius 1 is 0.885 bits per heavy atom. The molecule has 3 rings (SSSR count). The lowest BCUT2D eigenvalue weighted by Gasteiger charge is -2.16. The number of hydrogen-bond acceptors (Lipinski definition) is 4. The van der Waals surface area contributed by atoms with Crippen LogP contribution in [0.15, 0.2) is 29.2 Å². The van der Waals surface area contributed by atoms with Crippen molar-refractivity contribution in [2.45, 2.75) is 37.0 Å². The molecule has 0 aliphatic carbocycles. The van der Waals surface area contributed by atoms with E-state index in [2.05, 4.69) is 4.72 Å². The SMILES string of the molecule is O=C(CCNS(=O)(=O)c1ccc(C(=O)N2CCCC2)cc1)N1CCCC1. The van der Waals surface area contributed by atoms with Gasteiger partial charge in [0.15, 0.2) is 0 Å². The fourth-order valence-electron chi connectivity index (χ4n) is 3.38. The standard InChI is InChI=1S/C18H25N3O4S/c22-17(20-11-1-2-12-20)9-10-19-26(24,25)16-7-5-15(6-8-16)18(23)21-13-3-4-14-21/h5-8,19H,1-4,9-14H2. The van der Waals surface area contributed by atoms with E-state index in [1.165, 1.54) is 12.1 Å². The highest BCUT2D eigenvalue weighted by Crippen LogP contribution is 2.16. The van der Waals surface area contributed by atoms with E-state index in [4.69, 9.17) is 0 Å². The molecule has 2 amide bonds. The number of benzene rings is 1. The van der Waals surface area contributed by atoms with E-state index in [-0.39, 0.29) is 29.7 Å². The summed E-state index contributed by atoms with van der Waals surface area (Å²) < 4.78 is 27.1. The fourth-order valence-corrected chi connectivity index (χ4v) is 4.41. The second-order valence-corrected chi connectivity index (χ2v) is 8.53. The molecule has 2 aliphatic heterocycles. The van der Waals surface area contributed by atoms with Gasteiger partial charge >= 0.3 is 0 Å². The van der Waals surface area contributed by atoms with Crippen LogP contribution in [0.3, 0.4) is 0 Å². The molecule has 0 radical (unpaired) electrons. The third-order valence-corrected chi connectivity index (χ3v) is 6.37. The van der Waals surface area contributed by atoms with Crippen molar-refractivity contribution in [2.75, 3.05) is 32.7 Å². The van der Waals surface area contributed by atoms with Gasteiger partial charge in [-0.15, -0.1) is 0 Å². The number of amides is 2. The number of carbonyl (C=O) groups is 2. The predicted molar refractivity (Wildman–Crippen MR) is 97.2 cm³/mol. The van der Waals surface area contributed by atoms with Crippen LogP contribution < -0.4 is 4.72 Å². The minimum Gasteiger partial charge on any atom is -0.343 e. The smallest absolute Gasteiger partial charge is 0.253 e. The molecule has 1 aromatic rings. The van der Waals surface area contributed by atoms with Crippen LogP contribution in [0.2, 0.25) is 0 Å². The van der Waals surface area contributed by atoms with Gasteiger partial charge in [-0.3, -0.25) is 9.59 Å². The first kappa shape index (κ1) is 18.8. The molecule has 2 aliphatic rings. The topological polar surface area (TPSA) is 86.8 Å². The first-order valence-electron chi connectivity index (χ1n) is 9.14. The minimum absolute atomic E-state index is 0.0169. The van der Waals surface area contributed by atoms with Crippen LogP contribution in [-0.2, 0) is 14.8 Å². The van der Waals surface area contributed by atoms with Gasteiger partial charge in [0.2, 0.25) is 15.9 Å². The molecule has 26 heavy (non-hydrogen) atoms. The zero-order valence-electron chi connectivity index (χ0n) is 14.8. The zero-order chi connectivity index (χ0) is 18.6. The largest absolute Gasteiger partial charge is 0.343 e. The van der Waals surface area contributed by atoms with Gasteiger partial charge in [0.25, 0.3) is 5.91 Å². The molecule has 0 atom stereocenters. The summed E-state index contributed by atoms with van der Waals surface area (Å²) in [5, 5.41) is 0. The molecule has 2 fully saturated rings. The Morgan fingerprint density at radius 2 is 1.42 bits per heavy atom. The highest BCUT2D eigenvalue weighted by Gasteiger charge is 2.21. The van der Waals surface area contributed by atoms with Gasteiger partial charge in [-0.1, -0.05) is 0 Å². The summed E-state index contributed by atoms with van der Waals surface area (Å²) in [7, 11) is -3.69. The van der Waals surface area contributed by atoms with Crippen LogP contribution in [-0.4, -0.2) is 62.8 Å². The van der Waals surface area contributed by atoms with E-state index in [9.17, 15) is 18.0 Å². The van der Waals surface area contributed by atoms with Crippen molar-refractivity contribution in [1.82, 2.24) is 14.5 Å². The molecule has 0 unspecified atom stereocenters. The van der Waals surface area contributed by atoms with Crippen molar-refractivity contribution in [2.24, 2.45) is 0 Å². The quantitative estimate of drug-likeness (QED) is 0.805. The summed E-state index contributed by atoms with van der Waals surface area (Å²) in [5.41, 5.74) is 0.495. The van der Waals surface area contributed by atoms with E-state index in [0.717, 1.165) is 51.9 Å². The maximum absolute atomic E-state index is 12.3. The van der Waals surface area contributed by atoms with Crippen molar-refractivity contribution in [3.63, 3.8) is 0 Å². The predicted octanol–water partition coefficient (Wildman–Crippen LogP) is 1.21. The summed E-state index contributed by atoms with van der Waals surface area (Å²) >= 11 is 0. The Kier molecular flexibility index (Phi) is 5.93. The van der Waals surface area contributed by atoms with Gasteiger partial charge < -0.3 is 9.80 Å². The summed E-state index contributed by atoms with van der Waals surface area (Å²) in [5.74, 6) is -0.0765. The maximum atomic E-state index is 12.3. The van der Waals surface area contributed by atoms with Gasteiger partial charge in [-0.05, 0) is 49.9 Å². The third kappa shape index (κ3) is 4.42. The summed E-state index contributed by atoms with van der Waals surface area (Å²) in [6.45, 7) is 3.11. The van der Waals surface area contributed by atoms with Crippen LogP contribution in [0.4, 0.5) is 0 Å². The fraction of sp³-hybridized carbons (Fsp3) is 0.556. The molecule has 0 aromatic heterocycles. The molecule has 1 aromatic carbocycles. The number of nitrogens with zero attached hydrogens (tertiary/aromatic N) is 2. The second-order valence-electron chi connectivity index (χ2n) is 6.76. The number of sulfonamides is 1. The van der Waals surface area contributed by atoms with E-state index in [1.807, 2.05) is 0 Å². The molecule has 8 heteroatoms. The summed E-state index contributed by atoms with van der Waals surface area (Å²) in [4.78, 5) is 27.9. The van der Waals surface area contributed by atoms with Crippen LogP contribution >= 0.6 is 0 Å². The lowest BCUT2D eigenvalue weighted by molar-refractivity contribution is -0.129. The Balaban J connectivity index is 1.55. The average Bonchev–Trinajstić information content (AvgIpc) is 3.34. The Hall–Kier alpha value is -1.93. The molecule has 0 spiro atoms. The lowest BCUT2D eigenvalue weighted by Crippen LogP contribution is -2.32. The molecule has 2 saturated heterocycles. The normalized spacial score (nSPS) is 17.7. The number of hydrogen-bond donors (Lipinski definition) is 1. The maximum Gasteiger partial charge on any atom is 0.253 e. The minimum atomic E-state index is -3.69. The van der Waals surface area contributed by atoms with E-state index < -0.39 is 10.0 Å². The van der Waals surface area contributed by atoms with Gasteiger partial charge in [0.05, 0.1) is 4.90 Å². The number of carbonyl (C=O) groups excluding carboxylic acids is 2. The molecule has 0 bridgehead atoms. The van der Waals surface area contributed by atoms with Crippen LogP contribution in [0, 0.1) is 0 Å². The van der Waals surface area contributed by atoms with Crippen molar-refractivity contribution in [3.8, 4) is 0 Å². The Bertz CT molecular complexity index is 749. The Labute approximate surface area is 154 Å². The Morgan fingerprint density at radius 3 is 2.00 bits per heavy atom. The highest BCUT2D eigenvalue weighted by atomic mass is 32.2. The monoisotopic (exact) mass is 379 g/mol. The van der Waals surface area contributed by atoms with Gasteiger partial charge in [-0.2, -0.15) is 0 Å². The first-order valence-corrected chi connectivity index (χ1v) is 10.6. The van der Waals surface area contributed by atoms with Crippen molar-refractivity contribution in [1.29, 1.82) is 0 Å². The van der Waals surface area contributed by atoms with Gasteiger partial charge in [-0.25, -0.2) is 13.1 Å². The first-order chi connectivity index (χ1) is 12.5. The van der Waals surface area contributed by atoms with Crippen LogP contribution in [0.5, 0.6) is 0 Å². The second kappa shape index (κ2) is 8.18. The molecule has 7 nitrogen and oxygen atoms in total. The number of rotatable bonds is 6. The molecule has 142 valence electrons. The van der Waals surface area contributed by atoms with E-state index >= 15 is 0 Å². The van der Waals surface area contributed by atoms with Crippen LogP contribution in [0.25, 0.3) is 0 Å².